The van der Waals surface area contributed by atoms with Gasteiger partial charge in [0.25, 0.3) is 0 Å². The highest BCUT2D eigenvalue weighted by Crippen LogP contribution is 2.14. The minimum Gasteiger partial charge on any atom is -0.359 e. The smallest absolute Gasteiger partial charge is 0.359 e. The van der Waals surface area contributed by atoms with Gasteiger partial charge in [0, 0.05) is 6.54 Å². The highest BCUT2D eigenvalue weighted by atomic mass is 35.5. The molecule has 0 aromatic carbocycles. The van der Waals surface area contributed by atoms with E-state index in [1.165, 1.54) is 0 Å². The van der Waals surface area contributed by atoms with E-state index >= 15 is 0 Å². The number of alkyl halides is 4. The van der Waals surface area contributed by atoms with Gasteiger partial charge in [-0.25, -0.2) is 0 Å². The Labute approximate surface area is 67.7 Å². The van der Waals surface area contributed by atoms with Crippen molar-refractivity contribution in [2.24, 2.45) is 0 Å². The van der Waals surface area contributed by atoms with Gasteiger partial charge in [0.1, 0.15) is 5.88 Å². The van der Waals surface area contributed by atoms with E-state index in [0.717, 1.165) is 6.54 Å². The Hall–Kier alpha value is -0.450. The molecule has 0 aliphatic carbocycles. The molecule has 0 spiro atoms. The molecule has 11 heavy (non-hydrogen) atoms. The number of nitrogens with one attached hydrogen (secondary N) is 1. The first-order valence-corrected chi connectivity index (χ1v) is 3.31. The third kappa shape index (κ3) is 26.3. The van der Waals surface area contributed by atoms with Crippen molar-refractivity contribution in [3.8, 4) is 0 Å². The van der Waals surface area contributed by atoms with Crippen LogP contribution < -0.4 is 5.32 Å². The SMILES string of the molecule is CCNC=O.FC(F)(F)CCl. The molecule has 0 saturated heterocycles. The van der Waals surface area contributed by atoms with Crippen LogP contribution in [0.15, 0.2) is 0 Å². The van der Waals surface area contributed by atoms with E-state index in [-0.39, 0.29) is 0 Å². The summed E-state index contributed by atoms with van der Waals surface area (Å²) in [6.45, 7) is 2.60. The first kappa shape index (κ1) is 13.2. The molecule has 0 heterocycles. The van der Waals surface area contributed by atoms with Crippen LogP contribution in [0.25, 0.3) is 0 Å². The van der Waals surface area contributed by atoms with Crippen molar-refractivity contribution in [1.82, 2.24) is 5.32 Å². The second kappa shape index (κ2) is 7.65. The van der Waals surface area contributed by atoms with E-state index < -0.39 is 12.1 Å². The van der Waals surface area contributed by atoms with Gasteiger partial charge < -0.3 is 5.32 Å². The minimum atomic E-state index is -4.19. The molecule has 0 radical (unpaired) electrons. The number of amides is 1. The summed E-state index contributed by atoms with van der Waals surface area (Å²) in [6, 6.07) is 0. The lowest BCUT2D eigenvalue weighted by Gasteiger charge is -1.94. The highest BCUT2D eigenvalue weighted by molar-refractivity contribution is 6.18. The molecule has 1 N–H and O–H groups in total. The van der Waals surface area contributed by atoms with Crippen molar-refractivity contribution in [2.45, 2.75) is 13.1 Å². The van der Waals surface area contributed by atoms with Crippen molar-refractivity contribution in [3.63, 3.8) is 0 Å². The van der Waals surface area contributed by atoms with Gasteiger partial charge in [-0.15, -0.1) is 11.6 Å². The van der Waals surface area contributed by atoms with Gasteiger partial charge in [-0.1, -0.05) is 0 Å². The van der Waals surface area contributed by atoms with Crippen LogP contribution in [0.4, 0.5) is 13.2 Å². The number of hydrogen-bond acceptors (Lipinski definition) is 1. The average Bonchev–Trinajstić information content (AvgIpc) is 1.90. The van der Waals surface area contributed by atoms with E-state index in [0.29, 0.717) is 6.41 Å². The first-order valence-electron chi connectivity index (χ1n) is 2.77. The van der Waals surface area contributed by atoms with Crippen LogP contribution in [0, 0.1) is 0 Å². The maximum atomic E-state index is 10.7. The summed E-state index contributed by atoms with van der Waals surface area (Å²) < 4.78 is 32.0. The highest BCUT2D eigenvalue weighted by Gasteiger charge is 2.24. The fourth-order valence-corrected chi connectivity index (χ4v) is 0.0833. The fourth-order valence-electron chi connectivity index (χ4n) is 0.0833. The molecule has 0 aromatic heterocycles. The maximum absolute atomic E-state index is 10.7. The van der Waals surface area contributed by atoms with Crippen molar-refractivity contribution >= 4 is 18.0 Å². The number of hydrogen-bond donors (Lipinski definition) is 1. The second-order valence-electron chi connectivity index (χ2n) is 1.42. The average molecular weight is 192 g/mol. The van der Waals surface area contributed by atoms with E-state index in [2.05, 4.69) is 16.9 Å². The Morgan fingerprint density at radius 3 is 1.91 bits per heavy atom. The monoisotopic (exact) mass is 191 g/mol. The number of halogens is 4. The summed E-state index contributed by atoms with van der Waals surface area (Å²) in [6.07, 6.45) is -3.51. The Morgan fingerprint density at radius 1 is 1.55 bits per heavy atom. The predicted octanol–water partition coefficient (Wildman–Crippen LogP) is 1.54. The fraction of sp³-hybridized carbons (Fsp3) is 0.800. The van der Waals surface area contributed by atoms with Gasteiger partial charge in [0.15, 0.2) is 0 Å². The third-order valence-electron chi connectivity index (χ3n) is 0.439. The van der Waals surface area contributed by atoms with E-state index in [9.17, 15) is 18.0 Å². The quantitative estimate of drug-likeness (QED) is 0.521. The van der Waals surface area contributed by atoms with Gasteiger partial charge in [-0.05, 0) is 6.92 Å². The minimum absolute atomic E-state index is 0.681. The third-order valence-corrected chi connectivity index (χ3v) is 0.742. The van der Waals surface area contributed by atoms with E-state index in [1.54, 1.807) is 0 Å². The number of carbonyl (C=O) groups excluding carboxylic acids is 1. The molecule has 6 heteroatoms. The summed E-state index contributed by atoms with van der Waals surface area (Å²) >= 11 is 4.35. The van der Waals surface area contributed by atoms with Crippen molar-refractivity contribution in [1.29, 1.82) is 0 Å². The molecule has 2 nitrogen and oxygen atoms in total. The molecule has 68 valence electrons. The van der Waals surface area contributed by atoms with Crippen molar-refractivity contribution in [2.75, 3.05) is 12.4 Å². The number of rotatable bonds is 2. The Kier molecular flexibility index (Phi) is 9.16. The van der Waals surface area contributed by atoms with Crippen LogP contribution in [0.5, 0.6) is 0 Å². The molecule has 0 unspecified atom stereocenters. The maximum Gasteiger partial charge on any atom is 0.402 e. The largest absolute Gasteiger partial charge is 0.402 e. The zero-order valence-corrected chi connectivity index (χ0v) is 6.67. The summed E-state index contributed by atoms with van der Waals surface area (Å²) in [5.41, 5.74) is 0. The second-order valence-corrected chi connectivity index (χ2v) is 1.69. The molecule has 0 bridgehead atoms. The molecule has 0 aliphatic heterocycles. The van der Waals surface area contributed by atoms with Crippen molar-refractivity contribution < 1.29 is 18.0 Å². The lowest BCUT2D eigenvalue weighted by molar-refractivity contribution is -0.109. The van der Waals surface area contributed by atoms with E-state index in [4.69, 9.17) is 0 Å². The van der Waals surface area contributed by atoms with Crippen LogP contribution in [0.2, 0.25) is 0 Å². The van der Waals surface area contributed by atoms with Crippen molar-refractivity contribution in [3.05, 3.63) is 0 Å². The summed E-state index contributed by atoms with van der Waals surface area (Å²) in [5.74, 6) is -1.26. The first-order chi connectivity index (χ1) is 4.97. The standard InChI is InChI=1S/C3H7NO.C2H2ClF3/c1-2-4-3-5;3-1-2(4,5)6/h3H,2H2,1H3,(H,4,5);1H2. The van der Waals surface area contributed by atoms with Gasteiger partial charge in [0.05, 0.1) is 0 Å². The molecule has 1 amide bonds. The van der Waals surface area contributed by atoms with Gasteiger partial charge in [0.2, 0.25) is 6.41 Å². The van der Waals surface area contributed by atoms with Crippen LogP contribution in [0.1, 0.15) is 6.92 Å². The zero-order chi connectivity index (χ0) is 9.33. The summed E-state index contributed by atoms with van der Waals surface area (Å²) in [4.78, 5) is 9.29. The molecule has 0 saturated carbocycles. The molecule has 0 rings (SSSR count). The molecular formula is C5H9ClF3NO. The Balaban J connectivity index is 0. The van der Waals surface area contributed by atoms with Crippen LogP contribution >= 0.6 is 11.6 Å². The Bertz CT molecular complexity index is 96.2. The molecule has 0 aromatic rings. The molecule has 0 aliphatic rings. The van der Waals surface area contributed by atoms with Gasteiger partial charge in [-0.3, -0.25) is 4.79 Å². The van der Waals surface area contributed by atoms with E-state index in [1.807, 2.05) is 6.92 Å². The predicted molar refractivity (Wildman–Crippen MR) is 36.5 cm³/mol. The summed E-state index contributed by atoms with van der Waals surface area (Å²) in [5, 5.41) is 2.43. The normalized spacial score (nSPS) is 9.55. The molecular weight excluding hydrogens is 183 g/mol. The lowest BCUT2D eigenvalue weighted by Crippen LogP contribution is -2.07. The van der Waals surface area contributed by atoms with Crippen LogP contribution in [-0.2, 0) is 4.79 Å². The van der Waals surface area contributed by atoms with Gasteiger partial charge in [-0.2, -0.15) is 13.2 Å². The lowest BCUT2D eigenvalue weighted by atomic mass is 10.8. The summed E-state index contributed by atoms with van der Waals surface area (Å²) in [7, 11) is 0. The van der Waals surface area contributed by atoms with Crippen LogP contribution in [0.3, 0.4) is 0 Å². The molecule has 0 fully saturated rings. The molecule has 0 atom stereocenters. The Morgan fingerprint density at radius 2 is 1.91 bits per heavy atom. The van der Waals surface area contributed by atoms with Gasteiger partial charge >= 0.3 is 6.18 Å². The topological polar surface area (TPSA) is 29.1 Å². The van der Waals surface area contributed by atoms with Crippen LogP contribution in [-0.4, -0.2) is 25.0 Å². The number of carbonyl (C=O) groups is 1. The zero-order valence-electron chi connectivity index (χ0n) is 5.91.